The first kappa shape index (κ1) is 38.1. The molecule has 46 heavy (non-hydrogen) atoms. The fourth-order valence-electron chi connectivity index (χ4n) is 5.89. The molecule has 0 bridgehead atoms. The van der Waals surface area contributed by atoms with Crippen LogP contribution in [-0.4, -0.2) is 9.52 Å². The van der Waals surface area contributed by atoms with E-state index in [0.29, 0.717) is 0 Å². The molecule has 6 aromatic rings. The quantitative estimate of drug-likeness (QED) is 0.127. The summed E-state index contributed by atoms with van der Waals surface area (Å²) in [5.41, 5.74) is 9.05. The summed E-state index contributed by atoms with van der Waals surface area (Å²) in [5, 5.41) is 5.54. The average Bonchev–Trinajstić information content (AvgIpc) is 3.59. The molecule has 6 aromatic carbocycles. The summed E-state index contributed by atoms with van der Waals surface area (Å²) in [5.74, 6) is 0. The SMILES string of the molecule is CC(C)(C)c1cc2ccccc2[c-]1Cc1ccccc1.CC(C)(C)c1cc2ccccc2[c-]1Cc1ccccc1.C[Si]C.[Cl][Ti][Cl]. The van der Waals surface area contributed by atoms with Crippen LogP contribution in [0.2, 0.25) is 13.1 Å². The van der Waals surface area contributed by atoms with Crippen LogP contribution in [0.1, 0.15) is 74.9 Å². The molecule has 0 unspecified atom stereocenters. The van der Waals surface area contributed by atoms with Crippen LogP contribution in [0.5, 0.6) is 0 Å². The minimum atomic E-state index is -0.556. The van der Waals surface area contributed by atoms with Gasteiger partial charge in [0.2, 0.25) is 0 Å². The fraction of sp³-hybridized carbons (Fsp3) is 0.286. The first-order valence-corrected chi connectivity index (χ1v) is 22.2. The Kier molecular flexibility index (Phi) is 15.1. The molecule has 0 aromatic heterocycles. The van der Waals surface area contributed by atoms with Gasteiger partial charge in [-0.3, -0.25) is 0 Å². The predicted molar refractivity (Wildman–Crippen MR) is 204 cm³/mol. The van der Waals surface area contributed by atoms with Gasteiger partial charge in [0.25, 0.3) is 0 Å². The molecule has 0 saturated heterocycles. The second kappa shape index (κ2) is 18.2. The molecule has 0 atom stereocenters. The third kappa shape index (κ3) is 10.8. The van der Waals surface area contributed by atoms with E-state index < -0.39 is 17.0 Å². The van der Waals surface area contributed by atoms with Crippen LogP contribution in [0.25, 0.3) is 21.5 Å². The summed E-state index contributed by atoms with van der Waals surface area (Å²) < 4.78 is 0. The number of hydrogen-bond donors (Lipinski definition) is 0. The molecule has 240 valence electrons. The molecule has 2 radical (unpaired) electrons. The summed E-state index contributed by atoms with van der Waals surface area (Å²) >= 11 is -0.556. The predicted octanol–water partition coefficient (Wildman–Crippen LogP) is 13.1. The van der Waals surface area contributed by atoms with Crippen LogP contribution >= 0.6 is 18.6 Å². The zero-order valence-electron chi connectivity index (χ0n) is 28.7. The van der Waals surface area contributed by atoms with Crippen LogP contribution in [0.4, 0.5) is 0 Å². The van der Waals surface area contributed by atoms with Gasteiger partial charge in [-0.2, -0.15) is 12.1 Å². The second-order valence-electron chi connectivity index (χ2n) is 13.6. The van der Waals surface area contributed by atoms with Gasteiger partial charge in [-0.15, -0.1) is 80.2 Å². The van der Waals surface area contributed by atoms with E-state index in [2.05, 4.69) is 176 Å². The van der Waals surface area contributed by atoms with Crippen molar-refractivity contribution in [2.24, 2.45) is 0 Å². The van der Waals surface area contributed by atoms with Crippen LogP contribution in [0, 0.1) is 0 Å². The van der Waals surface area contributed by atoms with Gasteiger partial charge in [-0.25, -0.2) is 0 Å². The molecule has 0 N–H and O–H groups in total. The van der Waals surface area contributed by atoms with Crippen molar-refractivity contribution in [3.8, 4) is 0 Å². The van der Waals surface area contributed by atoms with E-state index in [1.54, 1.807) is 0 Å². The molecular formula is C42H48Cl2SiTi-2. The Bertz CT molecular complexity index is 1600. The molecule has 0 heterocycles. The first-order valence-electron chi connectivity index (χ1n) is 15.9. The average molecular weight is 700 g/mol. The van der Waals surface area contributed by atoms with Crippen molar-refractivity contribution in [2.45, 2.75) is 78.3 Å². The van der Waals surface area contributed by atoms with Crippen LogP contribution in [0.15, 0.2) is 121 Å². The summed E-state index contributed by atoms with van der Waals surface area (Å²) in [7, 11) is 10.9. The first-order chi connectivity index (χ1) is 21.9. The van der Waals surface area contributed by atoms with Gasteiger partial charge in [-0.1, -0.05) is 139 Å². The van der Waals surface area contributed by atoms with Crippen molar-refractivity contribution in [2.75, 3.05) is 0 Å². The van der Waals surface area contributed by atoms with Crippen molar-refractivity contribution in [1.29, 1.82) is 0 Å². The number of rotatable bonds is 4. The molecule has 0 spiro atoms. The van der Waals surface area contributed by atoms with Gasteiger partial charge in [0.15, 0.2) is 0 Å². The topological polar surface area (TPSA) is 0 Å². The molecule has 0 aliphatic heterocycles. The molecular weight excluding hydrogens is 651 g/mol. The number of halogens is 2. The van der Waals surface area contributed by atoms with Crippen LogP contribution in [0.3, 0.4) is 0 Å². The van der Waals surface area contributed by atoms with E-state index in [1.807, 2.05) is 0 Å². The van der Waals surface area contributed by atoms with Crippen molar-refractivity contribution in [3.63, 3.8) is 0 Å². The normalized spacial score (nSPS) is 11.1. The zero-order valence-corrected chi connectivity index (χ0v) is 32.8. The van der Waals surface area contributed by atoms with Crippen molar-refractivity contribution in [1.82, 2.24) is 0 Å². The van der Waals surface area contributed by atoms with Crippen molar-refractivity contribution < 1.29 is 17.0 Å². The standard InChI is InChI=1S/2C20H21.C2H6Si.2ClH.Ti/c2*1-20(2,3)19-14-16-11-7-8-12-17(16)18(19)13-15-9-5-4-6-10-15;1-3-2;;;/h2*4-12,14H,13H2,1-3H3;1-2H3;2*1H;/q2*-1;;;;+2/p-2. The third-order valence-corrected chi connectivity index (χ3v) is 7.89. The number of benzene rings is 4. The molecule has 0 fully saturated rings. The Balaban J connectivity index is 0.000000214. The molecule has 0 saturated carbocycles. The van der Waals surface area contributed by atoms with Gasteiger partial charge in [0.05, 0.1) is 0 Å². The van der Waals surface area contributed by atoms with Gasteiger partial charge in [0.1, 0.15) is 0 Å². The van der Waals surface area contributed by atoms with Crippen LogP contribution in [-0.2, 0) is 40.7 Å². The zero-order chi connectivity index (χ0) is 33.7. The fourth-order valence-corrected chi connectivity index (χ4v) is 5.89. The van der Waals surface area contributed by atoms with Crippen molar-refractivity contribution >= 4 is 49.7 Å². The monoisotopic (exact) mass is 698 g/mol. The molecule has 0 aliphatic rings. The Labute approximate surface area is 297 Å². The van der Waals surface area contributed by atoms with Crippen LogP contribution < -0.4 is 0 Å². The van der Waals surface area contributed by atoms with Crippen molar-refractivity contribution in [3.05, 3.63) is 155 Å². The van der Waals surface area contributed by atoms with Gasteiger partial charge in [-0.05, 0) is 23.7 Å². The van der Waals surface area contributed by atoms with E-state index in [4.69, 9.17) is 18.6 Å². The summed E-state index contributed by atoms with van der Waals surface area (Å²) in [6.07, 6.45) is 2.03. The Morgan fingerprint density at radius 2 is 0.804 bits per heavy atom. The molecule has 0 nitrogen and oxygen atoms in total. The van der Waals surface area contributed by atoms with Gasteiger partial charge < -0.3 is 0 Å². The van der Waals surface area contributed by atoms with Gasteiger partial charge >= 0.3 is 35.6 Å². The third-order valence-electron chi connectivity index (χ3n) is 7.89. The Hall–Kier alpha value is -2.39. The Morgan fingerprint density at radius 1 is 0.522 bits per heavy atom. The minimum absolute atomic E-state index is 0.184. The maximum absolute atomic E-state index is 4.89. The second-order valence-corrected chi connectivity index (χ2v) is 17.2. The number of fused-ring (bicyclic) bond motifs is 2. The number of hydrogen-bond acceptors (Lipinski definition) is 0. The van der Waals surface area contributed by atoms with Gasteiger partial charge in [0, 0.05) is 9.52 Å². The van der Waals surface area contributed by atoms with E-state index in [-0.39, 0.29) is 10.8 Å². The molecule has 6 rings (SSSR count). The van der Waals surface area contributed by atoms with E-state index in [9.17, 15) is 0 Å². The molecule has 4 heteroatoms. The van der Waals surface area contributed by atoms with E-state index in [1.165, 1.54) is 54.9 Å². The maximum atomic E-state index is 4.89. The molecule has 0 aliphatic carbocycles. The van der Waals surface area contributed by atoms with E-state index >= 15 is 0 Å². The summed E-state index contributed by atoms with van der Waals surface area (Å²) in [6.45, 7) is 18.1. The molecule has 0 amide bonds. The Morgan fingerprint density at radius 3 is 1.11 bits per heavy atom. The summed E-state index contributed by atoms with van der Waals surface area (Å²) in [6, 6.07) is 43.7. The summed E-state index contributed by atoms with van der Waals surface area (Å²) in [4.78, 5) is 0. The van der Waals surface area contributed by atoms with E-state index in [0.717, 1.165) is 22.4 Å².